The lowest BCUT2D eigenvalue weighted by molar-refractivity contribution is -0.145. The third kappa shape index (κ3) is 11.9. The number of benzene rings is 2. The molecule has 18 heteroatoms. The second kappa shape index (κ2) is 20.8. The number of nitrogens with two attached hydrogens (primary N) is 1. The van der Waals surface area contributed by atoms with E-state index in [1.54, 1.807) is 9.80 Å². The highest BCUT2D eigenvalue weighted by atomic mass is 35.5. The van der Waals surface area contributed by atoms with Gasteiger partial charge in [0.15, 0.2) is 6.10 Å². The lowest BCUT2D eigenvalue weighted by atomic mass is 9.78. The van der Waals surface area contributed by atoms with Gasteiger partial charge in [0.1, 0.15) is 0 Å². The second-order valence-corrected chi connectivity index (χ2v) is 18.0. The number of amides is 5. The fourth-order valence-electron chi connectivity index (χ4n) is 9.86. The van der Waals surface area contributed by atoms with Crippen LogP contribution in [-0.2, 0) is 42.9 Å². The third-order valence-electron chi connectivity index (χ3n) is 13.5. The number of likely N-dealkylation sites (tertiary alicyclic amines) is 4. The molecule has 344 valence electrons. The number of halogens is 4. The van der Waals surface area contributed by atoms with Gasteiger partial charge in [0.25, 0.3) is 5.91 Å². The first-order valence-corrected chi connectivity index (χ1v) is 22.8. The van der Waals surface area contributed by atoms with Crippen LogP contribution in [0.1, 0.15) is 80.9 Å². The molecular weight excluding hydrogens is 843 g/mol. The number of fused-ring (bicyclic) bond motifs is 1. The first kappa shape index (κ1) is 46.2. The Balaban J connectivity index is 0.909. The summed E-state index contributed by atoms with van der Waals surface area (Å²) < 4.78 is 53.2. The van der Waals surface area contributed by atoms with Crippen LogP contribution in [0.2, 0.25) is 5.02 Å². The molecule has 0 spiro atoms. The van der Waals surface area contributed by atoms with Gasteiger partial charge in [0.2, 0.25) is 5.91 Å². The number of esters is 1. The van der Waals surface area contributed by atoms with Gasteiger partial charge in [0.05, 0.1) is 29.4 Å². The third-order valence-corrected chi connectivity index (χ3v) is 13.8. The Morgan fingerprint density at radius 1 is 0.857 bits per heavy atom. The fraction of sp³-hybridized carbons (Fsp3) is 0.622. The molecule has 5 heterocycles. The average Bonchev–Trinajstić information content (AvgIpc) is 3.44. The van der Waals surface area contributed by atoms with Crippen molar-refractivity contribution in [1.29, 1.82) is 0 Å². The minimum absolute atomic E-state index is 0.0547. The molecular formula is C45H59ClF3N7O7. The van der Waals surface area contributed by atoms with E-state index < -0.39 is 35.5 Å². The molecule has 3 N–H and O–H groups in total. The summed E-state index contributed by atoms with van der Waals surface area (Å²) in [5, 5.41) is 2.67. The Morgan fingerprint density at radius 3 is 2.24 bits per heavy atom. The van der Waals surface area contributed by atoms with Gasteiger partial charge in [-0.05, 0) is 118 Å². The zero-order valence-electron chi connectivity index (χ0n) is 35.7. The number of para-hydroxylation sites is 1. The van der Waals surface area contributed by atoms with Crippen molar-refractivity contribution >= 4 is 52.9 Å². The van der Waals surface area contributed by atoms with Gasteiger partial charge in [0, 0.05) is 70.4 Å². The van der Waals surface area contributed by atoms with Gasteiger partial charge >= 0.3 is 24.3 Å². The molecule has 2 aromatic rings. The lowest BCUT2D eigenvalue weighted by Gasteiger charge is -2.41. The van der Waals surface area contributed by atoms with Crippen LogP contribution in [0.5, 0.6) is 0 Å². The summed E-state index contributed by atoms with van der Waals surface area (Å²) in [6, 6.07) is 9.46. The molecule has 0 aliphatic carbocycles. The number of alkyl halides is 3. The highest BCUT2D eigenvalue weighted by molar-refractivity contribution is 6.33. The Labute approximate surface area is 371 Å². The monoisotopic (exact) mass is 901 g/mol. The predicted molar refractivity (Wildman–Crippen MR) is 230 cm³/mol. The van der Waals surface area contributed by atoms with Crippen LogP contribution in [0.4, 0.5) is 34.1 Å². The number of carbonyl (C=O) groups excluding carboxylic acids is 5. The van der Waals surface area contributed by atoms with E-state index in [0.29, 0.717) is 83.0 Å². The topological polar surface area (TPSA) is 158 Å². The molecule has 0 radical (unpaired) electrons. The maximum absolute atomic E-state index is 14.2. The van der Waals surface area contributed by atoms with Crippen molar-refractivity contribution in [2.24, 2.45) is 11.8 Å². The Kier molecular flexibility index (Phi) is 15.3. The first-order valence-electron chi connectivity index (χ1n) is 22.4. The summed E-state index contributed by atoms with van der Waals surface area (Å²) in [5.74, 6) is 0.153. The van der Waals surface area contributed by atoms with E-state index in [4.69, 9.17) is 26.8 Å². The van der Waals surface area contributed by atoms with Gasteiger partial charge in [-0.3, -0.25) is 19.3 Å². The number of piperidine rings is 4. The smallest absolute Gasteiger partial charge is 0.418 e. The summed E-state index contributed by atoms with van der Waals surface area (Å²) in [7, 11) is 0. The largest absolute Gasteiger partial charge is 0.465 e. The van der Waals surface area contributed by atoms with Crippen molar-refractivity contribution in [3.8, 4) is 0 Å². The average molecular weight is 902 g/mol. The number of hydrogen-bond acceptors (Lipinski definition) is 9. The van der Waals surface area contributed by atoms with Crippen molar-refractivity contribution in [3.63, 3.8) is 0 Å². The molecule has 4 saturated heterocycles. The summed E-state index contributed by atoms with van der Waals surface area (Å²) >= 11 is 6.16. The molecule has 1 atom stereocenters. The number of nitrogens with one attached hydrogen (secondary N) is 1. The normalized spacial score (nSPS) is 20.5. The van der Waals surface area contributed by atoms with Gasteiger partial charge in [-0.15, -0.1) is 0 Å². The van der Waals surface area contributed by atoms with Crippen LogP contribution in [0.15, 0.2) is 36.4 Å². The number of hydrogen-bond donors (Lipinski definition) is 2. The van der Waals surface area contributed by atoms with E-state index in [1.165, 1.54) is 11.0 Å². The number of carbonyl (C=O) groups is 5. The number of nitrogen functional groups attached to an aromatic ring is 1. The van der Waals surface area contributed by atoms with Gasteiger partial charge in [-0.1, -0.05) is 29.8 Å². The van der Waals surface area contributed by atoms with E-state index in [2.05, 4.69) is 10.2 Å². The molecule has 14 nitrogen and oxygen atoms in total. The molecule has 5 aliphatic rings. The summed E-state index contributed by atoms with van der Waals surface area (Å²) in [4.78, 5) is 74.6. The Bertz CT molecular complexity index is 1970. The quantitative estimate of drug-likeness (QED) is 0.139. The van der Waals surface area contributed by atoms with E-state index in [-0.39, 0.29) is 67.2 Å². The maximum atomic E-state index is 14.2. The SMILES string of the molecule is Nc1c(Cl)cc(C[C@@H](OC(=O)N2CCC(N3CCc4ccccc4NC3=O)CC2)C(=O)N2CCC(C3CCN(CC(=O)OCCCN4CCCCC4=O)CC3)CC2)cc1C(F)(F)F. The van der Waals surface area contributed by atoms with Crippen LogP contribution in [0.3, 0.4) is 0 Å². The van der Waals surface area contributed by atoms with Crippen molar-refractivity contribution in [3.05, 3.63) is 58.1 Å². The number of ether oxygens (including phenoxy) is 2. The lowest BCUT2D eigenvalue weighted by Crippen LogP contribution is -2.52. The molecule has 63 heavy (non-hydrogen) atoms. The molecule has 5 amide bonds. The summed E-state index contributed by atoms with van der Waals surface area (Å²) in [6.45, 7) is 5.22. The van der Waals surface area contributed by atoms with Gasteiger partial charge < -0.3 is 40.1 Å². The van der Waals surface area contributed by atoms with E-state index in [9.17, 15) is 37.1 Å². The number of rotatable bonds is 12. The maximum Gasteiger partial charge on any atom is 0.418 e. The molecule has 0 unspecified atom stereocenters. The molecule has 4 fully saturated rings. The minimum atomic E-state index is -4.80. The molecule has 0 bridgehead atoms. The number of urea groups is 1. The highest BCUT2D eigenvalue weighted by Crippen LogP contribution is 2.39. The van der Waals surface area contributed by atoms with E-state index in [1.807, 2.05) is 29.2 Å². The van der Waals surface area contributed by atoms with Gasteiger partial charge in [-0.25, -0.2) is 9.59 Å². The molecule has 2 aromatic carbocycles. The van der Waals surface area contributed by atoms with Crippen LogP contribution in [0.25, 0.3) is 0 Å². The first-order chi connectivity index (χ1) is 30.2. The number of anilines is 2. The van der Waals surface area contributed by atoms with Crippen molar-refractivity contribution in [2.45, 2.75) is 95.4 Å². The zero-order chi connectivity index (χ0) is 44.7. The predicted octanol–water partition coefficient (Wildman–Crippen LogP) is 6.44. The van der Waals surface area contributed by atoms with Crippen molar-refractivity contribution < 1.29 is 46.6 Å². The molecule has 0 saturated carbocycles. The molecule has 7 rings (SSSR count). The van der Waals surface area contributed by atoms with Crippen LogP contribution in [0, 0.1) is 11.8 Å². The fourth-order valence-corrected chi connectivity index (χ4v) is 10.1. The van der Waals surface area contributed by atoms with Crippen molar-refractivity contribution in [2.75, 3.05) is 83.1 Å². The zero-order valence-corrected chi connectivity index (χ0v) is 36.5. The summed E-state index contributed by atoms with van der Waals surface area (Å²) in [5.41, 5.74) is 5.83. The Morgan fingerprint density at radius 2 is 1.54 bits per heavy atom. The molecule has 0 aromatic heterocycles. The van der Waals surface area contributed by atoms with Crippen LogP contribution >= 0.6 is 11.6 Å². The number of nitrogens with zero attached hydrogens (tertiary/aromatic N) is 5. The second-order valence-electron chi connectivity index (χ2n) is 17.6. The highest BCUT2D eigenvalue weighted by Gasteiger charge is 2.39. The standard InChI is InChI=1S/C45H59ClF3N7O7/c46-36-27-30(26-35(41(36)50)45(47,48)49)28-38(63-44(61)55-22-14-34(15-23-55)56-24-13-33-6-1-2-7-37(33)51-43(56)60)42(59)54-20-11-32(12-21-54)31-9-18-52(19-10-31)29-40(58)62-25-5-17-53-16-4-3-8-39(53)57/h1-2,6-7,26-27,31-32,34,38H,3-5,8-25,28-29,50H2,(H,51,60)/t38-/m1/s1. The van der Waals surface area contributed by atoms with Gasteiger partial charge in [-0.2, -0.15) is 13.2 Å². The Hall–Kier alpha value is -4.77. The van der Waals surface area contributed by atoms with E-state index in [0.717, 1.165) is 62.6 Å². The van der Waals surface area contributed by atoms with Crippen LogP contribution in [-0.4, -0.2) is 139 Å². The minimum Gasteiger partial charge on any atom is -0.465 e. The van der Waals surface area contributed by atoms with E-state index >= 15 is 0 Å². The van der Waals surface area contributed by atoms with Crippen LogP contribution < -0.4 is 11.1 Å². The van der Waals surface area contributed by atoms with Crippen molar-refractivity contribution in [1.82, 2.24) is 24.5 Å². The molecule has 5 aliphatic heterocycles. The summed E-state index contributed by atoms with van der Waals surface area (Å²) in [6.07, 6.45) is 0.734.